The standard InChI is InChI=1S/C5H11O5P/c1-2-9-11(6,7)10-4-5-3-8-5/h5H,2-4H2,1H3,(H,6,7). The zero-order valence-corrected chi connectivity index (χ0v) is 7.12. The van der Waals surface area contributed by atoms with Crippen LogP contribution in [0.5, 0.6) is 0 Å². The van der Waals surface area contributed by atoms with E-state index in [4.69, 9.17) is 9.63 Å². The molecular weight excluding hydrogens is 171 g/mol. The molecule has 0 aromatic rings. The molecular formula is C5H11O5P. The maximum atomic E-state index is 10.8. The number of hydrogen-bond acceptors (Lipinski definition) is 4. The highest BCUT2D eigenvalue weighted by atomic mass is 31.2. The van der Waals surface area contributed by atoms with Crippen molar-refractivity contribution in [2.24, 2.45) is 0 Å². The largest absolute Gasteiger partial charge is 0.472 e. The van der Waals surface area contributed by atoms with Crippen LogP contribution in [0.1, 0.15) is 6.92 Å². The lowest BCUT2D eigenvalue weighted by Gasteiger charge is -2.08. The smallest absolute Gasteiger partial charge is 0.371 e. The number of hydrogen-bond donors (Lipinski definition) is 1. The number of phosphoric acid groups is 1. The van der Waals surface area contributed by atoms with E-state index in [0.717, 1.165) is 0 Å². The summed E-state index contributed by atoms with van der Waals surface area (Å²) in [6.07, 6.45) is -0.0177. The van der Waals surface area contributed by atoms with E-state index in [1.807, 2.05) is 0 Å². The Kier molecular flexibility index (Phi) is 3.04. The Balaban J connectivity index is 2.15. The molecule has 0 amide bonds. The van der Waals surface area contributed by atoms with Gasteiger partial charge in [-0.05, 0) is 6.92 Å². The highest BCUT2D eigenvalue weighted by Crippen LogP contribution is 2.43. The molecule has 0 aromatic carbocycles. The third-order valence-corrected chi connectivity index (χ3v) is 2.18. The number of rotatable bonds is 5. The SMILES string of the molecule is CCOP(=O)(O)OCC1CO1. The van der Waals surface area contributed by atoms with Crippen molar-refractivity contribution >= 4 is 7.82 Å². The Bertz CT molecular complexity index is 166. The fraction of sp³-hybridized carbons (Fsp3) is 1.00. The van der Waals surface area contributed by atoms with Crippen LogP contribution < -0.4 is 0 Å². The minimum absolute atomic E-state index is 0.0177. The summed E-state index contributed by atoms with van der Waals surface area (Å²) in [5, 5.41) is 0. The van der Waals surface area contributed by atoms with Crippen LogP contribution >= 0.6 is 7.82 Å². The van der Waals surface area contributed by atoms with Gasteiger partial charge in [0, 0.05) is 0 Å². The van der Waals surface area contributed by atoms with Gasteiger partial charge in [-0.15, -0.1) is 0 Å². The Morgan fingerprint density at radius 3 is 2.82 bits per heavy atom. The highest BCUT2D eigenvalue weighted by Gasteiger charge is 2.28. The van der Waals surface area contributed by atoms with Gasteiger partial charge in [-0.25, -0.2) is 4.57 Å². The van der Waals surface area contributed by atoms with Crippen molar-refractivity contribution in [1.82, 2.24) is 0 Å². The van der Waals surface area contributed by atoms with E-state index < -0.39 is 7.82 Å². The zero-order valence-electron chi connectivity index (χ0n) is 6.23. The highest BCUT2D eigenvalue weighted by molar-refractivity contribution is 7.47. The summed E-state index contributed by atoms with van der Waals surface area (Å²) in [5.74, 6) is 0. The predicted molar refractivity (Wildman–Crippen MR) is 37.1 cm³/mol. The Morgan fingerprint density at radius 2 is 2.36 bits per heavy atom. The molecule has 0 saturated carbocycles. The van der Waals surface area contributed by atoms with E-state index >= 15 is 0 Å². The summed E-state index contributed by atoms with van der Waals surface area (Å²) in [7, 11) is -3.79. The number of epoxide rings is 1. The molecule has 2 atom stereocenters. The Hall–Kier alpha value is 0.0700. The van der Waals surface area contributed by atoms with Crippen LogP contribution in [0.25, 0.3) is 0 Å². The second-order valence-corrected chi connectivity index (χ2v) is 3.59. The second-order valence-electron chi connectivity index (χ2n) is 2.14. The van der Waals surface area contributed by atoms with Gasteiger partial charge in [0.05, 0.1) is 19.8 Å². The average molecular weight is 182 g/mol. The molecule has 0 radical (unpaired) electrons. The van der Waals surface area contributed by atoms with Crippen LogP contribution in [-0.2, 0) is 18.3 Å². The van der Waals surface area contributed by atoms with Crippen LogP contribution in [0.3, 0.4) is 0 Å². The van der Waals surface area contributed by atoms with Crippen LogP contribution in [0.4, 0.5) is 0 Å². The zero-order chi connectivity index (χ0) is 8.32. The van der Waals surface area contributed by atoms with Gasteiger partial charge in [-0.2, -0.15) is 0 Å². The topological polar surface area (TPSA) is 68.3 Å². The van der Waals surface area contributed by atoms with Crippen LogP contribution in [0.15, 0.2) is 0 Å². The van der Waals surface area contributed by atoms with Crippen LogP contribution in [0.2, 0.25) is 0 Å². The third kappa shape index (κ3) is 3.84. The summed E-state index contributed by atoms with van der Waals surface area (Å²) in [4.78, 5) is 8.85. The number of phosphoric ester groups is 1. The third-order valence-electron chi connectivity index (χ3n) is 1.12. The van der Waals surface area contributed by atoms with Crippen molar-refractivity contribution < 1.29 is 23.2 Å². The van der Waals surface area contributed by atoms with Crippen LogP contribution in [-0.4, -0.2) is 30.8 Å². The van der Waals surface area contributed by atoms with Gasteiger partial charge < -0.3 is 9.63 Å². The molecule has 6 heteroatoms. The molecule has 11 heavy (non-hydrogen) atoms. The molecule has 0 bridgehead atoms. The summed E-state index contributed by atoms with van der Waals surface area (Å²) < 4.78 is 24.6. The van der Waals surface area contributed by atoms with Crippen molar-refractivity contribution in [3.8, 4) is 0 Å². The van der Waals surface area contributed by atoms with Gasteiger partial charge in [-0.1, -0.05) is 0 Å². The lowest BCUT2D eigenvalue weighted by molar-refractivity contribution is 0.145. The molecule has 0 spiro atoms. The van der Waals surface area contributed by atoms with Crippen molar-refractivity contribution in [2.45, 2.75) is 13.0 Å². The van der Waals surface area contributed by atoms with Gasteiger partial charge in [0.1, 0.15) is 6.10 Å². The Labute approximate surface area is 64.9 Å². The molecule has 1 aliphatic heterocycles. The molecule has 5 nitrogen and oxygen atoms in total. The van der Waals surface area contributed by atoms with Crippen molar-refractivity contribution in [3.05, 3.63) is 0 Å². The molecule has 1 rings (SSSR count). The molecule has 1 N–H and O–H groups in total. The van der Waals surface area contributed by atoms with Gasteiger partial charge in [0.2, 0.25) is 0 Å². The molecule has 1 fully saturated rings. The fourth-order valence-corrected chi connectivity index (χ4v) is 1.30. The van der Waals surface area contributed by atoms with E-state index in [9.17, 15) is 4.57 Å². The first-order valence-corrected chi connectivity index (χ1v) is 4.87. The molecule has 1 saturated heterocycles. The summed E-state index contributed by atoms with van der Waals surface area (Å²) in [6, 6.07) is 0. The van der Waals surface area contributed by atoms with Crippen molar-refractivity contribution in [2.75, 3.05) is 19.8 Å². The first kappa shape index (κ1) is 9.16. The summed E-state index contributed by atoms with van der Waals surface area (Å²) in [5.41, 5.74) is 0. The van der Waals surface area contributed by atoms with E-state index in [0.29, 0.717) is 6.61 Å². The summed E-state index contributed by atoms with van der Waals surface area (Å²) >= 11 is 0. The van der Waals surface area contributed by atoms with E-state index in [1.54, 1.807) is 6.92 Å². The summed E-state index contributed by atoms with van der Waals surface area (Å²) in [6.45, 7) is 2.53. The molecule has 66 valence electrons. The molecule has 2 unspecified atom stereocenters. The second kappa shape index (κ2) is 3.65. The molecule has 1 aliphatic rings. The van der Waals surface area contributed by atoms with E-state index in [2.05, 4.69) is 9.05 Å². The van der Waals surface area contributed by atoms with Gasteiger partial charge in [0.15, 0.2) is 0 Å². The van der Waals surface area contributed by atoms with E-state index in [-0.39, 0.29) is 19.3 Å². The molecule has 0 aromatic heterocycles. The van der Waals surface area contributed by atoms with Gasteiger partial charge in [0.25, 0.3) is 0 Å². The first-order chi connectivity index (χ1) is 5.14. The fourth-order valence-electron chi connectivity index (χ4n) is 0.542. The Morgan fingerprint density at radius 1 is 1.73 bits per heavy atom. The minimum atomic E-state index is -3.79. The normalized spacial score (nSPS) is 28.0. The minimum Gasteiger partial charge on any atom is -0.371 e. The quantitative estimate of drug-likeness (QED) is 0.496. The molecule has 0 aliphatic carbocycles. The first-order valence-electron chi connectivity index (χ1n) is 3.37. The van der Waals surface area contributed by atoms with Crippen molar-refractivity contribution in [1.29, 1.82) is 0 Å². The maximum Gasteiger partial charge on any atom is 0.472 e. The molecule has 1 heterocycles. The van der Waals surface area contributed by atoms with Gasteiger partial charge in [-0.3, -0.25) is 9.05 Å². The monoisotopic (exact) mass is 182 g/mol. The predicted octanol–water partition coefficient (Wildman–Crippen LogP) is 0.539. The lowest BCUT2D eigenvalue weighted by atomic mass is 10.5. The lowest BCUT2D eigenvalue weighted by Crippen LogP contribution is -2.01. The maximum absolute atomic E-state index is 10.8. The van der Waals surface area contributed by atoms with Crippen LogP contribution in [0, 0.1) is 0 Å². The van der Waals surface area contributed by atoms with Gasteiger partial charge >= 0.3 is 7.82 Å². The number of ether oxygens (including phenoxy) is 1. The average Bonchev–Trinajstić information content (AvgIpc) is 2.65. The van der Waals surface area contributed by atoms with E-state index in [1.165, 1.54) is 0 Å². The van der Waals surface area contributed by atoms with Crippen molar-refractivity contribution in [3.63, 3.8) is 0 Å².